The van der Waals surface area contributed by atoms with Crippen LogP contribution in [-0.2, 0) is 11.8 Å². The molecule has 3 nitrogen and oxygen atoms in total. The van der Waals surface area contributed by atoms with Gasteiger partial charge in [-0.15, -0.1) is 11.8 Å². The first-order chi connectivity index (χ1) is 15.6. The summed E-state index contributed by atoms with van der Waals surface area (Å²) in [6.07, 6.45) is 7.15. The van der Waals surface area contributed by atoms with Crippen LogP contribution in [0.3, 0.4) is 0 Å². The third-order valence-electron chi connectivity index (χ3n) is 7.76. The van der Waals surface area contributed by atoms with Crippen LogP contribution in [0.1, 0.15) is 43.2 Å². The molecule has 2 fully saturated rings. The van der Waals surface area contributed by atoms with Gasteiger partial charge in [0.05, 0.1) is 0 Å². The molecule has 0 unspecified atom stereocenters. The predicted molar refractivity (Wildman–Crippen MR) is 138 cm³/mol. The van der Waals surface area contributed by atoms with Crippen LogP contribution in [-0.4, -0.2) is 36.3 Å². The van der Waals surface area contributed by atoms with Gasteiger partial charge in [-0.25, -0.2) is 0 Å². The lowest BCUT2D eigenvalue weighted by Crippen LogP contribution is -2.43. The molecule has 5 heteroatoms. The summed E-state index contributed by atoms with van der Waals surface area (Å²) in [5.41, 5.74) is 10.9. The number of hydrogen-bond donors (Lipinski definition) is 2. The van der Waals surface area contributed by atoms with E-state index < -0.39 is 0 Å². The summed E-state index contributed by atoms with van der Waals surface area (Å²) in [5.74, 6) is 0.756. The minimum atomic E-state index is 0.0504. The molecule has 170 valence electrons. The van der Waals surface area contributed by atoms with Crippen molar-refractivity contribution < 1.29 is 0 Å². The summed E-state index contributed by atoms with van der Waals surface area (Å²) in [5, 5.41) is 5.10. The SMILES string of the molecule is C=C1Nc2ccc(Cl)cc2C12CCN(CCCc1ccc(SC3CC(CN)C3)cc1)CC2. The van der Waals surface area contributed by atoms with Crippen LogP contribution in [0, 0.1) is 5.92 Å². The Bertz CT molecular complexity index is 959. The molecule has 1 aliphatic carbocycles. The number of allylic oxidation sites excluding steroid dienone is 1. The molecule has 2 aliphatic heterocycles. The van der Waals surface area contributed by atoms with Gasteiger partial charge in [0.1, 0.15) is 0 Å². The smallest absolute Gasteiger partial charge is 0.0425 e. The van der Waals surface area contributed by atoms with Gasteiger partial charge in [-0.2, -0.15) is 0 Å². The highest BCUT2D eigenvalue weighted by Crippen LogP contribution is 2.50. The van der Waals surface area contributed by atoms with Crippen molar-refractivity contribution in [3.05, 3.63) is 70.9 Å². The second kappa shape index (κ2) is 9.42. The maximum Gasteiger partial charge on any atom is 0.0425 e. The van der Waals surface area contributed by atoms with Crippen LogP contribution in [0.4, 0.5) is 5.69 Å². The van der Waals surface area contributed by atoms with Crippen LogP contribution in [0.25, 0.3) is 0 Å². The van der Waals surface area contributed by atoms with Crippen molar-refractivity contribution >= 4 is 29.1 Å². The van der Waals surface area contributed by atoms with Gasteiger partial charge in [-0.05, 0) is 112 Å². The van der Waals surface area contributed by atoms with E-state index in [4.69, 9.17) is 17.3 Å². The number of nitrogens with zero attached hydrogens (tertiary/aromatic N) is 1. The highest BCUT2D eigenvalue weighted by atomic mass is 35.5. The highest BCUT2D eigenvalue weighted by molar-refractivity contribution is 8.00. The van der Waals surface area contributed by atoms with E-state index in [1.807, 2.05) is 17.8 Å². The fourth-order valence-corrected chi connectivity index (χ4v) is 7.18. The molecule has 5 rings (SSSR count). The van der Waals surface area contributed by atoms with Crippen molar-refractivity contribution in [2.45, 2.75) is 54.1 Å². The minimum absolute atomic E-state index is 0.0504. The van der Waals surface area contributed by atoms with Crippen LogP contribution in [0.15, 0.2) is 59.6 Å². The lowest BCUT2D eigenvalue weighted by molar-refractivity contribution is 0.179. The van der Waals surface area contributed by atoms with Crippen molar-refractivity contribution in [2.24, 2.45) is 11.7 Å². The number of rotatable bonds is 7. The number of aryl methyl sites for hydroxylation is 1. The highest BCUT2D eigenvalue weighted by Gasteiger charge is 2.44. The summed E-state index contributed by atoms with van der Waals surface area (Å²) in [6.45, 7) is 8.61. The topological polar surface area (TPSA) is 41.3 Å². The minimum Gasteiger partial charge on any atom is -0.358 e. The number of piperidine rings is 1. The van der Waals surface area contributed by atoms with Crippen molar-refractivity contribution in [1.82, 2.24) is 4.90 Å². The Morgan fingerprint density at radius 1 is 1.12 bits per heavy atom. The maximum atomic E-state index is 6.31. The van der Waals surface area contributed by atoms with Crippen LogP contribution < -0.4 is 11.1 Å². The molecule has 2 aromatic carbocycles. The average Bonchev–Trinajstić information content (AvgIpc) is 3.03. The van der Waals surface area contributed by atoms with Crippen molar-refractivity contribution in [3.63, 3.8) is 0 Å². The number of anilines is 1. The van der Waals surface area contributed by atoms with E-state index in [-0.39, 0.29) is 5.41 Å². The Kier molecular flexibility index (Phi) is 6.58. The molecule has 32 heavy (non-hydrogen) atoms. The van der Waals surface area contributed by atoms with E-state index in [1.165, 1.54) is 41.0 Å². The number of fused-ring (bicyclic) bond motifs is 2. The zero-order chi connectivity index (χ0) is 22.1. The summed E-state index contributed by atoms with van der Waals surface area (Å²) >= 11 is 8.34. The van der Waals surface area contributed by atoms with Gasteiger partial charge in [-0.1, -0.05) is 30.3 Å². The quantitative estimate of drug-likeness (QED) is 0.518. The Hall–Kier alpha value is -1.46. The van der Waals surface area contributed by atoms with Gasteiger partial charge < -0.3 is 16.0 Å². The molecule has 0 radical (unpaired) electrons. The number of benzene rings is 2. The van der Waals surface area contributed by atoms with Gasteiger partial charge in [0.15, 0.2) is 0 Å². The number of likely N-dealkylation sites (tertiary alicyclic amines) is 1. The standard InChI is InChI=1S/C27H34ClN3S/c1-19-27(25-17-22(28)6-9-26(25)30-19)10-13-31(14-11-27)12-2-3-20-4-7-23(8-5-20)32-24-15-21(16-24)18-29/h4-9,17,21,24,30H,1-3,10-16,18,29H2. The van der Waals surface area contributed by atoms with E-state index in [0.29, 0.717) is 0 Å². The van der Waals surface area contributed by atoms with Gasteiger partial charge in [0.25, 0.3) is 0 Å². The monoisotopic (exact) mass is 467 g/mol. The molecule has 0 bridgehead atoms. The second-order valence-corrected chi connectivity index (χ2v) is 11.6. The predicted octanol–water partition coefficient (Wildman–Crippen LogP) is 6.08. The molecular formula is C27H34ClN3S. The Balaban J connectivity index is 1.08. The number of nitrogens with two attached hydrogens (primary N) is 1. The van der Waals surface area contributed by atoms with Crippen molar-refractivity contribution in [1.29, 1.82) is 0 Å². The first kappa shape index (κ1) is 22.3. The maximum absolute atomic E-state index is 6.31. The Morgan fingerprint density at radius 2 is 1.88 bits per heavy atom. The summed E-state index contributed by atoms with van der Waals surface area (Å²) in [7, 11) is 0. The first-order valence-electron chi connectivity index (χ1n) is 12.0. The fraction of sp³-hybridized carbons (Fsp3) is 0.481. The van der Waals surface area contributed by atoms with E-state index in [2.05, 4.69) is 53.2 Å². The van der Waals surface area contributed by atoms with E-state index in [9.17, 15) is 0 Å². The third kappa shape index (κ3) is 4.48. The molecule has 0 amide bonds. The van der Waals surface area contributed by atoms with E-state index >= 15 is 0 Å². The molecule has 2 heterocycles. The molecular weight excluding hydrogens is 434 g/mol. The van der Waals surface area contributed by atoms with Gasteiger partial charge in [0.2, 0.25) is 0 Å². The third-order valence-corrected chi connectivity index (χ3v) is 9.26. The van der Waals surface area contributed by atoms with E-state index in [0.717, 1.165) is 67.3 Å². The largest absolute Gasteiger partial charge is 0.358 e. The molecule has 0 aromatic heterocycles. The Labute approximate surface area is 201 Å². The van der Waals surface area contributed by atoms with E-state index in [1.54, 1.807) is 0 Å². The van der Waals surface area contributed by atoms with Crippen molar-refractivity contribution in [2.75, 3.05) is 31.5 Å². The lowest BCUT2D eigenvalue weighted by Gasteiger charge is -2.40. The summed E-state index contributed by atoms with van der Waals surface area (Å²) < 4.78 is 0. The summed E-state index contributed by atoms with van der Waals surface area (Å²) in [6, 6.07) is 15.5. The second-order valence-electron chi connectivity index (χ2n) is 9.78. The zero-order valence-electron chi connectivity index (χ0n) is 18.8. The number of halogens is 1. The number of nitrogens with one attached hydrogen (secondary N) is 1. The molecule has 3 aliphatic rings. The van der Waals surface area contributed by atoms with Gasteiger partial charge >= 0.3 is 0 Å². The average molecular weight is 468 g/mol. The normalized spacial score (nSPS) is 24.2. The molecule has 1 saturated carbocycles. The van der Waals surface area contributed by atoms with Crippen LogP contribution in [0.2, 0.25) is 5.02 Å². The molecule has 3 N–H and O–H groups in total. The zero-order valence-corrected chi connectivity index (χ0v) is 20.4. The Morgan fingerprint density at radius 3 is 2.59 bits per heavy atom. The fourth-order valence-electron chi connectivity index (χ4n) is 5.59. The van der Waals surface area contributed by atoms with Gasteiger partial charge in [-0.3, -0.25) is 0 Å². The van der Waals surface area contributed by atoms with Crippen LogP contribution >= 0.6 is 23.4 Å². The molecule has 0 atom stereocenters. The number of hydrogen-bond acceptors (Lipinski definition) is 4. The molecule has 1 spiro atoms. The van der Waals surface area contributed by atoms with Gasteiger partial charge in [0, 0.05) is 32.0 Å². The lowest BCUT2D eigenvalue weighted by atomic mass is 9.72. The van der Waals surface area contributed by atoms with Crippen LogP contribution in [0.5, 0.6) is 0 Å². The number of thioether (sulfide) groups is 1. The molecule has 2 aromatic rings. The first-order valence-corrected chi connectivity index (χ1v) is 13.3. The molecule has 1 saturated heterocycles. The summed E-state index contributed by atoms with van der Waals surface area (Å²) in [4.78, 5) is 4.02. The van der Waals surface area contributed by atoms with Crippen molar-refractivity contribution in [3.8, 4) is 0 Å².